The van der Waals surface area contributed by atoms with Crippen LogP contribution in [0.1, 0.15) is 32.3 Å². The van der Waals surface area contributed by atoms with Crippen molar-refractivity contribution in [1.29, 1.82) is 0 Å². The van der Waals surface area contributed by atoms with Crippen LogP contribution in [0.15, 0.2) is 18.2 Å². The zero-order chi connectivity index (χ0) is 22.2. The molecule has 1 spiro atoms. The highest BCUT2D eigenvalue weighted by atomic mass is 16.7. The lowest BCUT2D eigenvalue weighted by Crippen LogP contribution is -2.57. The number of nitrogens with two attached hydrogens (primary N) is 1. The summed E-state index contributed by atoms with van der Waals surface area (Å²) < 4.78 is 10.8. The van der Waals surface area contributed by atoms with Crippen LogP contribution < -0.4 is 15.2 Å². The molecule has 3 heterocycles. The van der Waals surface area contributed by atoms with Gasteiger partial charge in [-0.3, -0.25) is 14.5 Å². The minimum absolute atomic E-state index is 0.275. The average Bonchev–Trinajstić information content (AvgIpc) is 3.27. The molecule has 0 radical (unpaired) electrons. The predicted molar refractivity (Wildman–Crippen MR) is 113 cm³/mol. The molecule has 9 heteroatoms. The zero-order valence-electron chi connectivity index (χ0n) is 18.1. The topological polar surface area (TPSA) is 105 Å². The molecular formula is C22H30N4O5. The van der Waals surface area contributed by atoms with Crippen molar-refractivity contribution < 1.29 is 23.9 Å². The van der Waals surface area contributed by atoms with E-state index in [0.29, 0.717) is 25.3 Å². The third-order valence-electron chi connectivity index (χ3n) is 6.53. The lowest BCUT2D eigenvalue weighted by Gasteiger charge is -2.42. The van der Waals surface area contributed by atoms with E-state index in [0.717, 1.165) is 42.5 Å². The van der Waals surface area contributed by atoms with E-state index in [-0.39, 0.29) is 19.2 Å². The van der Waals surface area contributed by atoms with E-state index in [2.05, 4.69) is 17.9 Å². The Kier molecular flexibility index (Phi) is 5.79. The molecule has 1 atom stereocenters. The first-order valence-electron chi connectivity index (χ1n) is 10.9. The summed E-state index contributed by atoms with van der Waals surface area (Å²) in [6.07, 6.45) is 2.05. The first-order chi connectivity index (χ1) is 14.8. The van der Waals surface area contributed by atoms with Crippen molar-refractivity contribution in [2.75, 3.05) is 39.5 Å². The van der Waals surface area contributed by atoms with Gasteiger partial charge >= 0.3 is 6.03 Å². The number of likely N-dealkylation sites (N-methyl/N-ethyl adjacent to an activating group) is 1. The van der Waals surface area contributed by atoms with Gasteiger partial charge in [0, 0.05) is 26.2 Å². The molecule has 0 aliphatic carbocycles. The first kappa shape index (κ1) is 21.4. The van der Waals surface area contributed by atoms with E-state index in [1.54, 1.807) is 4.90 Å². The van der Waals surface area contributed by atoms with Gasteiger partial charge in [-0.05, 0) is 49.8 Å². The average molecular weight is 431 g/mol. The fraction of sp³-hybridized carbons (Fsp3) is 0.591. The van der Waals surface area contributed by atoms with Crippen molar-refractivity contribution in [2.45, 2.75) is 38.6 Å². The number of amides is 4. The summed E-state index contributed by atoms with van der Waals surface area (Å²) in [6.45, 7) is 6.79. The second-order valence-electron chi connectivity index (χ2n) is 8.71. The number of piperidine rings is 1. The second kappa shape index (κ2) is 8.37. The van der Waals surface area contributed by atoms with Crippen LogP contribution in [-0.4, -0.2) is 77.6 Å². The maximum absolute atomic E-state index is 13.1. The molecule has 0 saturated carbocycles. The number of carbonyl (C=O) groups is 3. The highest BCUT2D eigenvalue weighted by Gasteiger charge is 2.57. The van der Waals surface area contributed by atoms with Crippen LogP contribution in [0.25, 0.3) is 0 Å². The fourth-order valence-electron chi connectivity index (χ4n) is 5.08. The molecule has 3 aliphatic rings. The number of hydrogen-bond acceptors (Lipinski definition) is 6. The number of primary amides is 1. The molecule has 2 saturated heterocycles. The molecule has 2 N–H and O–H groups in total. The molecule has 0 unspecified atom stereocenters. The second-order valence-corrected chi connectivity index (χ2v) is 8.71. The third-order valence-corrected chi connectivity index (χ3v) is 6.53. The van der Waals surface area contributed by atoms with Gasteiger partial charge in [0.1, 0.15) is 12.1 Å². The summed E-state index contributed by atoms with van der Waals surface area (Å²) in [7, 11) is 0. The number of likely N-dealkylation sites (tertiary alicyclic amines) is 1. The quantitative estimate of drug-likeness (QED) is 0.652. The summed E-state index contributed by atoms with van der Waals surface area (Å²) >= 11 is 0. The zero-order valence-corrected chi connectivity index (χ0v) is 18.1. The lowest BCUT2D eigenvalue weighted by atomic mass is 9.85. The standard InChI is InChI=1S/C22H30N4O5/c1-3-26-21(29)25(13-19(23)27)20(28)22(26)6-8-24(9-7-22)12-15(2)10-16-4-5-17-18(11-16)31-14-30-17/h4-5,11,15H,3,6-10,12-14H2,1-2H3,(H2,23,27)/t15-/m1/s1. The molecule has 0 aromatic heterocycles. The molecule has 31 heavy (non-hydrogen) atoms. The minimum Gasteiger partial charge on any atom is -0.454 e. The Bertz CT molecular complexity index is 881. The van der Waals surface area contributed by atoms with Crippen LogP contribution in [0.5, 0.6) is 11.5 Å². The summed E-state index contributed by atoms with van der Waals surface area (Å²) in [6, 6.07) is 5.66. The molecule has 2 fully saturated rings. The van der Waals surface area contributed by atoms with Gasteiger partial charge in [0.05, 0.1) is 0 Å². The summed E-state index contributed by atoms with van der Waals surface area (Å²) in [5.41, 5.74) is 5.61. The SMILES string of the molecule is CCN1C(=O)N(CC(N)=O)C(=O)C12CCN(C[C@H](C)Cc1ccc3c(c1)OCO3)CC2. The highest BCUT2D eigenvalue weighted by molar-refractivity contribution is 6.09. The molecule has 0 bridgehead atoms. The number of ether oxygens (including phenoxy) is 2. The van der Waals surface area contributed by atoms with Gasteiger partial charge < -0.3 is 25.0 Å². The van der Waals surface area contributed by atoms with Crippen molar-refractivity contribution >= 4 is 17.8 Å². The Labute approximate surface area is 182 Å². The molecule has 1 aromatic rings. The van der Waals surface area contributed by atoms with Crippen LogP contribution in [0.4, 0.5) is 4.79 Å². The Morgan fingerprint density at radius 2 is 1.90 bits per heavy atom. The van der Waals surface area contributed by atoms with Gasteiger partial charge in [0.2, 0.25) is 12.7 Å². The van der Waals surface area contributed by atoms with Crippen LogP contribution >= 0.6 is 0 Å². The predicted octanol–water partition coefficient (Wildman–Crippen LogP) is 1.20. The Morgan fingerprint density at radius 3 is 2.58 bits per heavy atom. The molecule has 4 amide bonds. The van der Waals surface area contributed by atoms with Crippen LogP contribution in [0.2, 0.25) is 0 Å². The van der Waals surface area contributed by atoms with Gasteiger partial charge in [-0.1, -0.05) is 13.0 Å². The molecule has 4 rings (SSSR count). The van der Waals surface area contributed by atoms with Gasteiger partial charge in [0.15, 0.2) is 11.5 Å². The molecule has 1 aromatic carbocycles. The van der Waals surface area contributed by atoms with E-state index >= 15 is 0 Å². The summed E-state index contributed by atoms with van der Waals surface area (Å²) in [5.74, 6) is 1.05. The van der Waals surface area contributed by atoms with Crippen molar-refractivity contribution in [1.82, 2.24) is 14.7 Å². The first-order valence-corrected chi connectivity index (χ1v) is 10.9. The minimum atomic E-state index is -0.849. The van der Waals surface area contributed by atoms with Crippen molar-refractivity contribution in [3.05, 3.63) is 23.8 Å². The molecular weight excluding hydrogens is 400 g/mol. The van der Waals surface area contributed by atoms with Gasteiger partial charge in [0.25, 0.3) is 5.91 Å². The van der Waals surface area contributed by atoms with Crippen molar-refractivity contribution in [3.8, 4) is 11.5 Å². The third kappa shape index (κ3) is 3.94. The van der Waals surface area contributed by atoms with Crippen LogP contribution in [0, 0.1) is 5.92 Å². The number of hydrogen-bond donors (Lipinski definition) is 1. The summed E-state index contributed by atoms with van der Waals surface area (Å²) in [4.78, 5) is 42.1. The molecule has 9 nitrogen and oxygen atoms in total. The Morgan fingerprint density at radius 1 is 1.19 bits per heavy atom. The van der Waals surface area contributed by atoms with E-state index in [1.165, 1.54) is 5.56 Å². The Balaban J connectivity index is 1.36. The monoisotopic (exact) mass is 430 g/mol. The van der Waals surface area contributed by atoms with E-state index < -0.39 is 17.5 Å². The number of fused-ring (bicyclic) bond motifs is 1. The normalized spacial score (nSPS) is 21.2. The van der Waals surface area contributed by atoms with E-state index in [9.17, 15) is 14.4 Å². The number of imide groups is 1. The fourth-order valence-corrected chi connectivity index (χ4v) is 5.08. The maximum Gasteiger partial charge on any atom is 0.328 e. The van der Waals surface area contributed by atoms with Crippen LogP contribution in [0.3, 0.4) is 0 Å². The molecule has 168 valence electrons. The van der Waals surface area contributed by atoms with Gasteiger partial charge in [-0.25, -0.2) is 4.79 Å². The number of carbonyl (C=O) groups excluding carboxylic acids is 3. The number of nitrogens with zero attached hydrogens (tertiary/aromatic N) is 3. The number of urea groups is 1. The molecule has 3 aliphatic heterocycles. The van der Waals surface area contributed by atoms with Gasteiger partial charge in [-0.2, -0.15) is 0 Å². The largest absolute Gasteiger partial charge is 0.454 e. The van der Waals surface area contributed by atoms with Crippen molar-refractivity contribution in [3.63, 3.8) is 0 Å². The number of benzene rings is 1. The van der Waals surface area contributed by atoms with E-state index in [4.69, 9.17) is 15.2 Å². The van der Waals surface area contributed by atoms with Crippen LogP contribution in [-0.2, 0) is 16.0 Å². The number of rotatable bonds is 7. The smallest absolute Gasteiger partial charge is 0.328 e. The Hall–Kier alpha value is -2.81. The van der Waals surface area contributed by atoms with Crippen molar-refractivity contribution in [2.24, 2.45) is 11.7 Å². The van der Waals surface area contributed by atoms with Gasteiger partial charge in [-0.15, -0.1) is 0 Å². The summed E-state index contributed by atoms with van der Waals surface area (Å²) in [5, 5.41) is 0. The highest BCUT2D eigenvalue weighted by Crippen LogP contribution is 2.37. The van der Waals surface area contributed by atoms with E-state index in [1.807, 2.05) is 19.1 Å². The lowest BCUT2D eigenvalue weighted by molar-refractivity contribution is -0.137. The maximum atomic E-state index is 13.1.